The van der Waals surface area contributed by atoms with Crippen molar-refractivity contribution in [2.75, 3.05) is 13.1 Å². The van der Waals surface area contributed by atoms with Crippen LogP contribution in [0.25, 0.3) is 11.4 Å². The topological polar surface area (TPSA) is 71.3 Å². The highest BCUT2D eigenvalue weighted by Gasteiger charge is 2.15. The number of halogens is 1. The molecule has 0 saturated heterocycles. The number of nitrogens with one attached hydrogen (secondary N) is 1. The Morgan fingerprint density at radius 1 is 1.35 bits per heavy atom. The summed E-state index contributed by atoms with van der Waals surface area (Å²) < 4.78 is 18.1. The summed E-state index contributed by atoms with van der Waals surface area (Å²) in [5, 5.41) is 6.74. The molecule has 1 N–H and O–H groups in total. The first-order valence-corrected chi connectivity index (χ1v) is 7.58. The number of amides is 1. The summed E-state index contributed by atoms with van der Waals surface area (Å²) in [6.07, 6.45) is 0. The number of nitrogens with zero attached hydrogens (tertiary/aromatic N) is 3. The molecule has 0 spiro atoms. The molecule has 0 aliphatic rings. The van der Waals surface area contributed by atoms with Crippen LogP contribution in [0.3, 0.4) is 0 Å². The lowest BCUT2D eigenvalue weighted by atomic mass is 10.2. The Kier molecular flexibility index (Phi) is 5.81. The Morgan fingerprint density at radius 3 is 2.65 bits per heavy atom. The van der Waals surface area contributed by atoms with Crippen LogP contribution in [0, 0.1) is 5.82 Å². The second-order valence-corrected chi connectivity index (χ2v) is 5.54. The molecule has 0 aliphatic carbocycles. The first-order chi connectivity index (χ1) is 11.0. The Balaban J connectivity index is 1.99. The molecule has 0 radical (unpaired) electrons. The van der Waals surface area contributed by atoms with E-state index in [1.165, 1.54) is 12.1 Å². The lowest BCUT2D eigenvalue weighted by Gasteiger charge is -2.18. The lowest BCUT2D eigenvalue weighted by Crippen LogP contribution is -2.39. The highest BCUT2D eigenvalue weighted by Crippen LogP contribution is 2.16. The smallest absolute Gasteiger partial charge is 0.241 e. The summed E-state index contributed by atoms with van der Waals surface area (Å²) in [5.41, 5.74) is 0.682. The van der Waals surface area contributed by atoms with E-state index in [9.17, 15) is 9.18 Å². The maximum atomic E-state index is 12.9. The largest absolute Gasteiger partial charge is 0.353 e. The van der Waals surface area contributed by atoms with Gasteiger partial charge in [0.05, 0.1) is 13.1 Å². The van der Waals surface area contributed by atoms with E-state index in [4.69, 9.17) is 4.52 Å². The molecule has 0 bridgehead atoms. The molecular formula is C16H21FN4O2. The third-order valence-electron chi connectivity index (χ3n) is 3.19. The Morgan fingerprint density at radius 2 is 2.04 bits per heavy atom. The number of carbonyl (C=O) groups is 1. The first kappa shape index (κ1) is 17.1. The molecule has 7 heteroatoms. The minimum Gasteiger partial charge on any atom is -0.353 e. The van der Waals surface area contributed by atoms with E-state index >= 15 is 0 Å². The van der Waals surface area contributed by atoms with E-state index in [2.05, 4.69) is 15.5 Å². The van der Waals surface area contributed by atoms with Crippen molar-refractivity contribution in [2.45, 2.75) is 33.4 Å². The van der Waals surface area contributed by atoms with Gasteiger partial charge in [-0.05, 0) is 44.7 Å². The predicted molar refractivity (Wildman–Crippen MR) is 83.9 cm³/mol. The zero-order valence-electron chi connectivity index (χ0n) is 13.5. The van der Waals surface area contributed by atoms with Crippen LogP contribution < -0.4 is 5.32 Å². The summed E-state index contributed by atoms with van der Waals surface area (Å²) in [6.45, 7) is 7.13. The number of aromatic nitrogens is 2. The number of rotatable bonds is 7. The molecule has 0 atom stereocenters. The van der Waals surface area contributed by atoms with Crippen LogP contribution in [0.2, 0.25) is 0 Å². The summed E-state index contributed by atoms with van der Waals surface area (Å²) in [6, 6.07) is 5.99. The van der Waals surface area contributed by atoms with Gasteiger partial charge in [0.2, 0.25) is 17.6 Å². The standard InChI is InChI=1S/C16H21FN4O2/c1-4-21(9-14(22)18-11(2)3)10-15-19-16(20-23-15)12-5-7-13(17)8-6-12/h5-8,11H,4,9-10H2,1-3H3,(H,18,22). The van der Waals surface area contributed by atoms with Crippen molar-refractivity contribution >= 4 is 5.91 Å². The molecule has 1 aromatic heterocycles. The average molecular weight is 320 g/mol. The Bertz CT molecular complexity index is 640. The first-order valence-electron chi connectivity index (χ1n) is 7.58. The van der Waals surface area contributed by atoms with Crippen LogP contribution in [0.5, 0.6) is 0 Å². The van der Waals surface area contributed by atoms with Gasteiger partial charge in [0.25, 0.3) is 0 Å². The number of benzene rings is 1. The van der Waals surface area contributed by atoms with Crippen LogP contribution in [-0.4, -0.2) is 40.1 Å². The highest BCUT2D eigenvalue weighted by atomic mass is 19.1. The highest BCUT2D eigenvalue weighted by molar-refractivity contribution is 5.78. The minimum atomic E-state index is -0.314. The maximum Gasteiger partial charge on any atom is 0.241 e. The van der Waals surface area contributed by atoms with E-state index in [0.717, 1.165) is 0 Å². The fourth-order valence-electron chi connectivity index (χ4n) is 2.08. The van der Waals surface area contributed by atoms with Crippen LogP contribution in [0.4, 0.5) is 4.39 Å². The minimum absolute atomic E-state index is 0.0416. The predicted octanol–water partition coefficient (Wildman–Crippen LogP) is 2.22. The van der Waals surface area contributed by atoms with E-state index in [1.54, 1.807) is 12.1 Å². The van der Waals surface area contributed by atoms with Crippen molar-refractivity contribution in [3.63, 3.8) is 0 Å². The zero-order valence-corrected chi connectivity index (χ0v) is 13.5. The number of carbonyl (C=O) groups excluding carboxylic acids is 1. The SMILES string of the molecule is CCN(CC(=O)NC(C)C)Cc1nc(-c2ccc(F)cc2)no1. The van der Waals surface area contributed by atoms with Gasteiger partial charge in [0.1, 0.15) is 5.82 Å². The summed E-state index contributed by atoms with van der Waals surface area (Å²) >= 11 is 0. The Labute approximate surface area is 134 Å². The number of hydrogen-bond donors (Lipinski definition) is 1. The van der Waals surface area contributed by atoms with Crippen LogP contribution >= 0.6 is 0 Å². The quantitative estimate of drug-likeness (QED) is 0.847. The van der Waals surface area contributed by atoms with Gasteiger partial charge in [-0.25, -0.2) is 4.39 Å². The molecule has 0 fully saturated rings. The molecule has 6 nitrogen and oxygen atoms in total. The van der Waals surface area contributed by atoms with Gasteiger partial charge in [-0.15, -0.1) is 0 Å². The van der Waals surface area contributed by atoms with E-state index in [-0.39, 0.29) is 24.3 Å². The molecule has 0 saturated carbocycles. The molecule has 124 valence electrons. The monoisotopic (exact) mass is 320 g/mol. The molecule has 0 aliphatic heterocycles. The van der Waals surface area contributed by atoms with Crippen molar-refractivity contribution in [3.8, 4) is 11.4 Å². The Hall–Kier alpha value is -2.28. The van der Waals surface area contributed by atoms with Gasteiger partial charge >= 0.3 is 0 Å². The lowest BCUT2D eigenvalue weighted by molar-refractivity contribution is -0.122. The van der Waals surface area contributed by atoms with Crippen molar-refractivity contribution in [1.82, 2.24) is 20.4 Å². The van der Waals surface area contributed by atoms with Crippen LogP contribution in [0.1, 0.15) is 26.7 Å². The van der Waals surface area contributed by atoms with Gasteiger partial charge in [0, 0.05) is 11.6 Å². The normalized spacial score (nSPS) is 11.2. The second kappa shape index (κ2) is 7.82. The zero-order chi connectivity index (χ0) is 16.8. The van der Waals surface area contributed by atoms with Gasteiger partial charge in [0.15, 0.2) is 0 Å². The average Bonchev–Trinajstić information content (AvgIpc) is 2.95. The maximum absolute atomic E-state index is 12.9. The van der Waals surface area contributed by atoms with Crippen molar-refractivity contribution in [2.24, 2.45) is 0 Å². The van der Waals surface area contributed by atoms with Crippen LogP contribution in [0.15, 0.2) is 28.8 Å². The summed E-state index contributed by atoms with van der Waals surface area (Å²) in [7, 11) is 0. The molecule has 1 aromatic carbocycles. The van der Waals surface area contributed by atoms with E-state index < -0.39 is 0 Å². The van der Waals surface area contributed by atoms with Gasteiger partial charge in [-0.2, -0.15) is 4.98 Å². The number of hydrogen-bond acceptors (Lipinski definition) is 5. The molecule has 23 heavy (non-hydrogen) atoms. The van der Waals surface area contributed by atoms with E-state index in [1.807, 2.05) is 25.7 Å². The van der Waals surface area contributed by atoms with Crippen molar-refractivity contribution < 1.29 is 13.7 Å². The molecule has 1 heterocycles. The number of likely N-dealkylation sites (N-methyl/N-ethyl adjacent to an activating group) is 1. The van der Waals surface area contributed by atoms with E-state index in [0.29, 0.717) is 30.4 Å². The summed E-state index contributed by atoms with van der Waals surface area (Å²) in [5.74, 6) is 0.470. The van der Waals surface area contributed by atoms with Crippen LogP contribution in [-0.2, 0) is 11.3 Å². The molecule has 2 aromatic rings. The van der Waals surface area contributed by atoms with Gasteiger partial charge in [-0.3, -0.25) is 9.69 Å². The molecular weight excluding hydrogens is 299 g/mol. The van der Waals surface area contributed by atoms with Crippen molar-refractivity contribution in [1.29, 1.82) is 0 Å². The fraction of sp³-hybridized carbons (Fsp3) is 0.438. The summed E-state index contributed by atoms with van der Waals surface area (Å²) in [4.78, 5) is 18.0. The molecule has 2 rings (SSSR count). The second-order valence-electron chi connectivity index (χ2n) is 5.54. The van der Waals surface area contributed by atoms with Crippen molar-refractivity contribution in [3.05, 3.63) is 36.0 Å². The third-order valence-corrected chi connectivity index (χ3v) is 3.19. The van der Waals surface area contributed by atoms with Gasteiger partial charge in [-0.1, -0.05) is 12.1 Å². The van der Waals surface area contributed by atoms with Gasteiger partial charge < -0.3 is 9.84 Å². The fourth-order valence-corrected chi connectivity index (χ4v) is 2.08. The molecule has 1 amide bonds. The molecule has 0 unspecified atom stereocenters. The third kappa shape index (κ3) is 5.14.